The van der Waals surface area contributed by atoms with Crippen molar-refractivity contribution in [2.75, 3.05) is 7.11 Å². The number of benzene rings is 2. The van der Waals surface area contributed by atoms with Crippen molar-refractivity contribution in [2.24, 2.45) is 11.1 Å². The third-order valence-corrected chi connectivity index (χ3v) is 4.47. The molecule has 0 heterocycles. The van der Waals surface area contributed by atoms with E-state index in [4.69, 9.17) is 15.2 Å². The van der Waals surface area contributed by atoms with E-state index in [1.807, 2.05) is 32.0 Å². The summed E-state index contributed by atoms with van der Waals surface area (Å²) in [4.78, 5) is 11.3. The summed E-state index contributed by atoms with van der Waals surface area (Å²) in [6, 6.07) is 10.2. The van der Waals surface area contributed by atoms with Crippen LogP contribution < -0.4 is 10.5 Å². The van der Waals surface area contributed by atoms with E-state index >= 15 is 0 Å². The van der Waals surface area contributed by atoms with E-state index in [1.165, 1.54) is 12.1 Å². The molecule has 0 fully saturated rings. The van der Waals surface area contributed by atoms with Crippen molar-refractivity contribution in [2.45, 2.75) is 26.4 Å². The van der Waals surface area contributed by atoms with Crippen molar-refractivity contribution in [3.05, 3.63) is 53.3 Å². The van der Waals surface area contributed by atoms with Crippen LogP contribution in [0.1, 0.15) is 31.1 Å². The van der Waals surface area contributed by atoms with Crippen LogP contribution in [0.3, 0.4) is 0 Å². The first-order chi connectivity index (χ1) is 11.3. The Morgan fingerprint density at radius 1 is 1.29 bits per heavy atom. The monoisotopic (exact) mass is 329 g/mol. The normalized spacial score (nSPS) is 18.1. The molecule has 1 amide bonds. The molecule has 1 aliphatic carbocycles. The van der Waals surface area contributed by atoms with Crippen LogP contribution in [-0.4, -0.2) is 13.2 Å². The molecule has 1 atom stereocenters. The minimum Gasteiger partial charge on any atom is -0.496 e. The van der Waals surface area contributed by atoms with E-state index in [1.54, 1.807) is 13.2 Å². The van der Waals surface area contributed by atoms with Gasteiger partial charge in [0.2, 0.25) is 0 Å². The average Bonchev–Trinajstić information content (AvgIpc) is 2.75. The number of fused-ring (bicyclic) bond motifs is 1. The summed E-state index contributed by atoms with van der Waals surface area (Å²) >= 11 is 0. The SMILES string of the molecule is COc1cc2c(cc1-c1cccc(F)c1)CC(C)(C)C2OC(N)=O. The lowest BCUT2D eigenvalue weighted by atomic mass is 9.87. The van der Waals surface area contributed by atoms with Gasteiger partial charge in [0, 0.05) is 11.0 Å². The molecule has 0 bridgehead atoms. The zero-order valence-electron chi connectivity index (χ0n) is 13.9. The quantitative estimate of drug-likeness (QED) is 0.917. The third kappa shape index (κ3) is 2.82. The number of ether oxygens (including phenoxy) is 2. The highest BCUT2D eigenvalue weighted by atomic mass is 19.1. The molecule has 0 radical (unpaired) electrons. The number of amides is 1. The van der Waals surface area contributed by atoms with Gasteiger partial charge in [-0.25, -0.2) is 9.18 Å². The van der Waals surface area contributed by atoms with Crippen LogP contribution in [0.4, 0.5) is 9.18 Å². The molecule has 2 aromatic rings. The van der Waals surface area contributed by atoms with Crippen molar-refractivity contribution in [1.29, 1.82) is 0 Å². The maximum atomic E-state index is 13.6. The van der Waals surface area contributed by atoms with Crippen LogP contribution in [0.2, 0.25) is 0 Å². The van der Waals surface area contributed by atoms with Crippen molar-refractivity contribution in [1.82, 2.24) is 0 Å². The summed E-state index contributed by atoms with van der Waals surface area (Å²) in [7, 11) is 1.56. The number of carbonyl (C=O) groups is 1. The molecular weight excluding hydrogens is 309 g/mol. The molecule has 0 aromatic heterocycles. The smallest absolute Gasteiger partial charge is 0.405 e. The molecule has 0 aliphatic heterocycles. The maximum absolute atomic E-state index is 13.6. The molecule has 3 rings (SSSR count). The highest BCUT2D eigenvalue weighted by Crippen LogP contribution is 2.50. The maximum Gasteiger partial charge on any atom is 0.405 e. The Labute approximate surface area is 140 Å². The standard InChI is InChI=1S/C19H20FNO3/c1-19(2)10-12-8-14(11-5-4-6-13(20)7-11)16(23-3)9-15(12)17(19)24-18(21)22/h4-9,17H,10H2,1-3H3,(H2,21,22). The van der Waals surface area contributed by atoms with Crippen LogP contribution in [0, 0.1) is 11.2 Å². The van der Waals surface area contributed by atoms with Crippen LogP contribution >= 0.6 is 0 Å². The van der Waals surface area contributed by atoms with Gasteiger partial charge in [-0.15, -0.1) is 0 Å². The Kier molecular flexibility index (Phi) is 3.95. The number of primary amides is 1. The highest BCUT2D eigenvalue weighted by molar-refractivity contribution is 5.73. The van der Waals surface area contributed by atoms with Gasteiger partial charge in [0.15, 0.2) is 0 Å². The molecular formula is C19H20FNO3. The van der Waals surface area contributed by atoms with E-state index in [0.717, 1.165) is 28.7 Å². The van der Waals surface area contributed by atoms with E-state index in [9.17, 15) is 9.18 Å². The van der Waals surface area contributed by atoms with E-state index < -0.39 is 12.2 Å². The lowest BCUT2D eigenvalue weighted by Gasteiger charge is -2.26. The predicted molar refractivity (Wildman–Crippen MR) is 89.3 cm³/mol. The van der Waals surface area contributed by atoms with Crippen molar-refractivity contribution in [3.8, 4) is 16.9 Å². The van der Waals surface area contributed by atoms with Crippen LogP contribution in [0.15, 0.2) is 36.4 Å². The van der Waals surface area contributed by atoms with Gasteiger partial charge in [0.1, 0.15) is 17.7 Å². The lowest BCUT2D eigenvalue weighted by molar-refractivity contribution is 0.0391. The van der Waals surface area contributed by atoms with E-state index in [-0.39, 0.29) is 11.2 Å². The fraction of sp³-hybridized carbons (Fsp3) is 0.316. The molecule has 4 nitrogen and oxygen atoms in total. The first-order valence-corrected chi connectivity index (χ1v) is 7.74. The minimum absolute atomic E-state index is 0.275. The molecule has 0 spiro atoms. The summed E-state index contributed by atoms with van der Waals surface area (Å²) < 4.78 is 24.4. The average molecular weight is 329 g/mol. The number of halogens is 1. The Hall–Kier alpha value is -2.56. The molecule has 24 heavy (non-hydrogen) atoms. The Morgan fingerprint density at radius 2 is 2.04 bits per heavy atom. The summed E-state index contributed by atoms with van der Waals surface area (Å²) in [5.74, 6) is 0.306. The second kappa shape index (κ2) is 5.82. The van der Waals surface area contributed by atoms with Crippen molar-refractivity contribution >= 4 is 6.09 Å². The first-order valence-electron chi connectivity index (χ1n) is 7.74. The molecule has 2 N–H and O–H groups in total. The second-order valence-electron chi connectivity index (χ2n) is 6.74. The van der Waals surface area contributed by atoms with Crippen molar-refractivity contribution < 1.29 is 18.7 Å². The molecule has 0 saturated carbocycles. The van der Waals surface area contributed by atoms with Gasteiger partial charge >= 0.3 is 6.09 Å². The third-order valence-electron chi connectivity index (χ3n) is 4.47. The van der Waals surface area contributed by atoms with Crippen molar-refractivity contribution in [3.63, 3.8) is 0 Å². The Morgan fingerprint density at radius 3 is 2.67 bits per heavy atom. The zero-order chi connectivity index (χ0) is 17.5. The van der Waals surface area contributed by atoms with Crippen LogP contribution in [-0.2, 0) is 11.2 Å². The fourth-order valence-electron chi connectivity index (χ4n) is 3.43. The predicted octanol–water partition coefficient (Wildman–Crippen LogP) is 4.22. The van der Waals surface area contributed by atoms with Gasteiger partial charge in [-0.2, -0.15) is 0 Å². The van der Waals surface area contributed by atoms with Crippen LogP contribution in [0.5, 0.6) is 5.75 Å². The van der Waals surface area contributed by atoms with E-state index in [0.29, 0.717) is 5.75 Å². The van der Waals surface area contributed by atoms with Gasteiger partial charge < -0.3 is 15.2 Å². The van der Waals surface area contributed by atoms with Gasteiger partial charge in [-0.3, -0.25) is 0 Å². The van der Waals surface area contributed by atoms with E-state index in [2.05, 4.69) is 0 Å². The second-order valence-corrected chi connectivity index (χ2v) is 6.74. The van der Waals surface area contributed by atoms with Gasteiger partial charge in [-0.05, 0) is 47.4 Å². The number of hydrogen-bond acceptors (Lipinski definition) is 3. The largest absolute Gasteiger partial charge is 0.496 e. The minimum atomic E-state index is -0.797. The topological polar surface area (TPSA) is 61.6 Å². The first kappa shape index (κ1) is 16.3. The molecule has 5 heteroatoms. The van der Waals surface area contributed by atoms with Gasteiger partial charge in [0.05, 0.1) is 7.11 Å². The lowest BCUT2D eigenvalue weighted by Crippen LogP contribution is -2.25. The van der Waals surface area contributed by atoms with Crippen LogP contribution in [0.25, 0.3) is 11.1 Å². The molecule has 0 saturated heterocycles. The Balaban J connectivity index is 2.13. The molecule has 126 valence electrons. The summed E-state index contributed by atoms with van der Waals surface area (Å²) in [5.41, 5.74) is 8.44. The number of carbonyl (C=O) groups excluding carboxylic acids is 1. The zero-order valence-corrected chi connectivity index (χ0v) is 13.9. The number of methoxy groups -OCH3 is 1. The Bertz CT molecular complexity index is 801. The summed E-state index contributed by atoms with van der Waals surface area (Å²) in [6.45, 7) is 4.05. The molecule has 1 unspecified atom stereocenters. The number of nitrogens with two attached hydrogens (primary N) is 1. The summed E-state index contributed by atoms with van der Waals surface area (Å²) in [5, 5.41) is 0. The fourth-order valence-corrected chi connectivity index (χ4v) is 3.43. The number of rotatable bonds is 3. The molecule has 2 aromatic carbocycles. The molecule has 1 aliphatic rings. The van der Waals surface area contributed by atoms with Gasteiger partial charge in [0.25, 0.3) is 0 Å². The summed E-state index contributed by atoms with van der Waals surface area (Å²) in [6.07, 6.45) is -0.499. The highest BCUT2D eigenvalue weighted by Gasteiger charge is 2.42. The number of hydrogen-bond donors (Lipinski definition) is 1. The van der Waals surface area contributed by atoms with Gasteiger partial charge in [-0.1, -0.05) is 26.0 Å².